The van der Waals surface area contributed by atoms with E-state index >= 15 is 0 Å². The van der Waals surface area contributed by atoms with Crippen LogP contribution in [0.3, 0.4) is 0 Å². The van der Waals surface area contributed by atoms with Crippen LogP contribution >= 0.6 is 0 Å². The van der Waals surface area contributed by atoms with Gasteiger partial charge in [-0.1, -0.05) is 12.1 Å². The number of hydrogen-bond acceptors (Lipinski definition) is 4. The van der Waals surface area contributed by atoms with Gasteiger partial charge < -0.3 is 15.0 Å². The SMILES string of the molecule is CC(=O)c1ccc2c(c1)N(Cc1cccc(C(=O)NC(C)C)c1)C(=O)CO2. The maximum absolute atomic E-state index is 12.4. The fourth-order valence-corrected chi connectivity index (χ4v) is 2.93. The standard InChI is InChI=1S/C21H22N2O4/c1-13(2)22-21(26)17-6-4-5-15(9-17)11-23-18-10-16(14(3)24)7-8-19(18)27-12-20(23)25/h4-10,13H,11-12H2,1-3H3,(H,22,26). The third-order valence-corrected chi connectivity index (χ3v) is 4.26. The predicted molar refractivity (Wildman–Crippen MR) is 102 cm³/mol. The van der Waals surface area contributed by atoms with Crippen LogP contribution in [0.1, 0.15) is 47.1 Å². The van der Waals surface area contributed by atoms with Crippen molar-refractivity contribution in [3.8, 4) is 5.75 Å². The van der Waals surface area contributed by atoms with E-state index in [4.69, 9.17) is 4.74 Å². The minimum atomic E-state index is -0.194. The molecule has 2 amide bonds. The van der Waals surface area contributed by atoms with Gasteiger partial charge >= 0.3 is 0 Å². The van der Waals surface area contributed by atoms with Gasteiger partial charge in [-0.15, -0.1) is 0 Å². The molecule has 1 N–H and O–H groups in total. The Morgan fingerprint density at radius 3 is 2.63 bits per heavy atom. The molecule has 0 saturated carbocycles. The molecule has 0 unspecified atom stereocenters. The van der Waals surface area contributed by atoms with Crippen molar-refractivity contribution in [2.24, 2.45) is 0 Å². The van der Waals surface area contributed by atoms with Crippen LogP contribution in [0, 0.1) is 0 Å². The molecule has 0 saturated heterocycles. The van der Waals surface area contributed by atoms with Gasteiger partial charge in [0.1, 0.15) is 5.75 Å². The molecule has 1 aliphatic heterocycles. The van der Waals surface area contributed by atoms with Crippen molar-refractivity contribution in [2.75, 3.05) is 11.5 Å². The Labute approximate surface area is 158 Å². The lowest BCUT2D eigenvalue weighted by Gasteiger charge is -2.30. The number of carbonyl (C=O) groups excluding carboxylic acids is 3. The van der Waals surface area contributed by atoms with E-state index < -0.39 is 0 Å². The molecule has 2 aromatic carbocycles. The van der Waals surface area contributed by atoms with E-state index in [9.17, 15) is 14.4 Å². The van der Waals surface area contributed by atoms with Crippen LogP contribution < -0.4 is 15.0 Å². The monoisotopic (exact) mass is 366 g/mol. The molecule has 27 heavy (non-hydrogen) atoms. The average Bonchev–Trinajstić information content (AvgIpc) is 2.63. The van der Waals surface area contributed by atoms with Crippen LogP contribution in [-0.2, 0) is 11.3 Å². The van der Waals surface area contributed by atoms with E-state index in [1.165, 1.54) is 6.92 Å². The second-order valence-electron chi connectivity index (χ2n) is 6.84. The van der Waals surface area contributed by atoms with Gasteiger partial charge in [0.2, 0.25) is 0 Å². The van der Waals surface area contributed by atoms with Crippen molar-refractivity contribution >= 4 is 23.3 Å². The van der Waals surface area contributed by atoms with Crippen molar-refractivity contribution in [1.82, 2.24) is 5.32 Å². The van der Waals surface area contributed by atoms with Crippen molar-refractivity contribution < 1.29 is 19.1 Å². The van der Waals surface area contributed by atoms with Crippen LogP contribution in [0.15, 0.2) is 42.5 Å². The maximum atomic E-state index is 12.4. The molecule has 1 aliphatic rings. The molecule has 6 heteroatoms. The summed E-state index contributed by atoms with van der Waals surface area (Å²) in [5.74, 6) is 0.135. The van der Waals surface area contributed by atoms with E-state index in [0.717, 1.165) is 5.56 Å². The Kier molecular flexibility index (Phi) is 5.26. The quantitative estimate of drug-likeness (QED) is 0.826. The molecule has 0 aliphatic carbocycles. The number of amides is 2. The summed E-state index contributed by atoms with van der Waals surface area (Å²) in [6, 6.07) is 12.3. The first-order chi connectivity index (χ1) is 12.8. The summed E-state index contributed by atoms with van der Waals surface area (Å²) in [5, 5.41) is 2.86. The molecular weight excluding hydrogens is 344 g/mol. The van der Waals surface area contributed by atoms with E-state index in [1.54, 1.807) is 41.3 Å². The minimum absolute atomic E-state index is 0.0406. The molecule has 3 rings (SSSR count). The van der Waals surface area contributed by atoms with Gasteiger partial charge in [-0.05, 0) is 56.7 Å². The summed E-state index contributed by atoms with van der Waals surface area (Å²) < 4.78 is 5.48. The summed E-state index contributed by atoms with van der Waals surface area (Å²) >= 11 is 0. The first-order valence-corrected chi connectivity index (χ1v) is 8.83. The van der Waals surface area contributed by atoms with E-state index in [-0.39, 0.29) is 30.2 Å². The normalized spacial score (nSPS) is 13.2. The third-order valence-electron chi connectivity index (χ3n) is 4.26. The number of carbonyl (C=O) groups is 3. The molecule has 0 fully saturated rings. The summed E-state index contributed by atoms with van der Waals surface area (Å²) in [7, 11) is 0. The number of nitrogens with zero attached hydrogens (tertiary/aromatic N) is 1. The number of ketones is 1. The van der Waals surface area contributed by atoms with Gasteiger partial charge in [0, 0.05) is 17.2 Å². The fraction of sp³-hybridized carbons (Fsp3) is 0.286. The topological polar surface area (TPSA) is 75.7 Å². The Bertz CT molecular complexity index is 905. The lowest BCUT2D eigenvalue weighted by molar-refractivity contribution is -0.121. The predicted octanol–water partition coefficient (Wildman–Crippen LogP) is 2.95. The number of ether oxygens (including phenoxy) is 1. The summed E-state index contributed by atoms with van der Waals surface area (Å²) in [6.07, 6.45) is 0. The highest BCUT2D eigenvalue weighted by Crippen LogP contribution is 2.34. The van der Waals surface area contributed by atoms with Gasteiger partial charge in [-0.25, -0.2) is 0 Å². The molecule has 0 atom stereocenters. The number of benzene rings is 2. The number of Topliss-reactive ketones (excluding diaryl/α,β-unsaturated/α-hetero) is 1. The zero-order chi connectivity index (χ0) is 19.6. The molecular formula is C21H22N2O4. The zero-order valence-electron chi connectivity index (χ0n) is 15.6. The maximum Gasteiger partial charge on any atom is 0.265 e. The zero-order valence-corrected chi connectivity index (χ0v) is 15.6. The van der Waals surface area contributed by atoms with Crippen molar-refractivity contribution in [3.05, 3.63) is 59.2 Å². The van der Waals surface area contributed by atoms with E-state index in [2.05, 4.69) is 5.32 Å². The van der Waals surface area contributed by atoms with Gasteiger partial charge in [0.15, 0.2) is 12.4 Å². The van der Waals surface area contributed by atoms with E-state index in [0.29, 0.717) is 29.1 Å². The third kappa shape index (κ3) is 4.16. The largest absolute Gasteiger partial charge is 0.482 e. The van der Waals surface area contributed by atoms with Gasteiger partial charge in [-0.3, -0.25) is 14.4 Å². The Hall–Kier alpha value is -3.15. The molecule has 0 aromatic heterocycles. The average molecular weight is 366 g/mol. The lowest BCUT2D eigenvalue weighted by Crippen LogP contribution is -2.38. The van der Waals surface area contributed by atoms with Gasteiger partial charge in [-0.2, -0.15) is 0 Å². The van der Waals surface area contributed by atoms with E-state index in [1.807, 2.05) is 19.9 Å². The molecule has 2 aromatic rings. The molecule has 1 heterocycles. The molecule has 0 spiro atoms. The molecule has 6 nitrogen and oxygen atoms in total. The van der Waals surface area contributed by atoms with Crippen LogP contribution in [0.25, 0.3) is 0 Å². The van der Waals surface area contributed by atoms with Crippen molar-refractivity contribution in [2.45, 2.75) is 33.4 Å². The smallest absolute Gasteiger partial charge is 0.265 e. The number of anilines is 1. The minimum Gasteiger partial charge on any atom is -0.482 e. The number of nitrogens with one attached hydrogen (secondary N) is 1. The fourth-order valence-electron chi connectivity index (χ4n) is 2.93. The Morgan fingerprint density at radius 1 is 1.15 bits per heavy atom. The second kappa shape index (κ2) is 7.61. The van der Waals surface area contributed by atoms with Crippen LogP contribution in [0.5, 0.6) is 5.75 Å². The summed E-state index contributed by atoms with van der Waals surface area (Å²) in [4.78, 5) is 38.0. The first-order valence-electron chi connectivity index (χ1n) is 8.83. The van der Waals surface area contributed by atoms with Crippen molar-refractivity contribution in [1.29, 1.82) is 0 Å². The highest BCUT2D eigenvalue weighted by Gasteiger charge is 2.26. The van der Waals surface area contributed by atoms with Gasteiger partial charge in [0.25, 0.3) is 11.8 Å². The van der Waals surface area contributed by atoms with Crippen molar-refractivity contribution in [3.63, 3.8) is 0 Å². The lowest BCUT2D eigenvalue weighted by atomic mass is 10.1. The number of rotatable bonds is 5. The molecule has 0 bridgehead atoms. The van der Waals surface area contributed by atoms with Gasteiger partial charge in [0.05, 0.1) is 12.2 Å². The Morgan fingerprint density at radius 2 is 1.93 bits per heavy atom. The number of fused-ring (bicyclic) bond motifs is 1. The second-order valence-corrected chi connectivity index (χ2v) is 6.84. The highest BCUT2D eigenvalue weighted by atomic mass is 16.5. The molecule has 0 radical (unpaired) electrons. The van der Waals surface area contributed by atoms with Crippen LogP contribution in [-0.4, -0.2) is 30.2 Å². The van der Waals surface area contributed by atoms with Crippen LogP contribution in [0.4, 0.5) is 5.69 Å². The highest BCUT2D eigenvalue weighted by molar-refractivity contribution is 6.01. The Balaban J connectivity index is 1.90. The number of hydrogen-bond donors (Lipinski definition) is 1. The molecule has 140 valence electrons. The first kappa shape index (κ1) is 18.6. The summed E-state index contributed by atoms with van der Waals surface area (Å²) in [5.41, 5.74) is 2.44. The summed E-state index contributed by atoms with van der Waals surface area (Å²) in [6.45, 7) is 5.52. The van der Waals surface area contributed by atoms with Crippen LogP contribution in [0.2, 0.25) is 0 Å².